The van der Waals surface area contributed by atoms with E-state index in [0.29, 0.717) is 34.3 Å². The molecule has 0 fully saturated rings. The summed E-state index contributed by atoms with van der Waals surface area (Å²) in [5.41, 5.74) is 3.47. The van der Waals surface area contributed by atoms with Crippen LogP contribution in [0.4, 0.5) is 0 Å². The third kappa shape index (κ3) is 4.13. The number of hydrogen-bond donors (Lipinski definition) is 0. The summed E-state index contributed by atoms with van der Waals surface area (Å²) in [6, 6.07) is 14.0. The highest BCUT2D eigenvalue weighted by molar-refractivity contribution is 5.90. The van der Waals surface area contributed by atoms with Gasteiger partial charge in [0, 0.05) is 0 Å². The van der Waals surface area contributed by atoms with Crippen LogP contribution in [0, 0.1) is 11.3 Å². The lowest BCUT2D eigenvalue weighted by molar-refractivity contribution is 0.324. The van der Waals surface area contributed by atoms with Gasteiger partial charge in [-0.1, -0.05) is 38.1 Å². The Morgan fingerprint density at radius 2 is 1.52 bits per heavy atom. The van der Waals surface area contributed by atoms with Gasteiger partial charge in [0.2, 0.25) is 5.75 Å². The summed E-state index contributed by atoms with van der Waals surface area (Å²) in [5, 5.41) is 9.61. The van der Waals surface area contributed by atoms with Crippen LogP contribution in [0.25, 0.3) is 11.6 Å². The lowest BCUT2D eigenvalue weighted by atomic mass is 9.99. The maximum absolute atomic E-state index is 9.61. The van der Waals surface area contributed by atoms with Gasteiger partial charge in [-0.2, -0.15) is 5.26 Å². The third-order valence-corrected chi connectivity index (χ3v) is 4.01. The van der Waals surface area contributed by atoms with Gasteiger partial charge >= 0.3 is 0 Å². The first-order valence-electron chi connectivity index (χ1n) is 8.06. The Morgan fingerprint density at radius 3 is 1.92 bits per heavy atom. The van der Waals surface area contributed by atoms with E-state index < -0.39 is 0 Å². The number of hydrogen-bond acceptors (Lipinski definition) is 4. The number of nitrogens with zero attached hydrogens (tertiary/aromatic N) is 1. The molecule has 0 aromatic heterocycles. The molecule has 2 aromatic rings. The molecule has 4 nitrogen and oxygen atoms in total. The zero-order chi connectivity index (χ0) is 18.4. The summed E-state index contributed by atoms with van der Waals surface area (Å²) in [4.78, 5) is 0. The molecule has 0 aliphatic heterocycles. The van der Waals surface area contributed by atoms with Gasteiger partial charge in [-0.25, -0.2) is 0 Å². The Kier molecular flexibility index (Phi) is 6.08. The van der Waals surface area contributed by atoms with E-state index in [0.717, 1.165) is 5.56 Å². The van der Waals surface area contributed by atoms with Crippen molar-refractivity contribution in [1.29, 1.82) is 5.26 Å². The molecule has 130 valence electrons. The monoisotopic (exact) mass is 337 g/mol. The Morgan fingerprint density at radius 1 is 0.960 bits per heavy atom. The number of methoxy groups -OCH3 is 3. The van der Waals surface area contributed by atoms with Crippen LogP contribution < -0.4 is 14.2 Å². The van der Waals surface area contributed by atoms with Crippen molar-refractivity contribution < 1.29 is 14.2 Å². The summed E-state index contributed by atoms with van der Waals surface area (Å²) in [6.45, 7) is 4.31. The molecular weight excluding hydrogens is 314 g/mol. The van der Waals surface area contributed by atoms with Crippen LogP contribution in [0.2, 0.25) is 0 Å². The predicted octanol–water partition coefficient (Wildman–Crippen LogP) is 4.90. The highest BCUT2D eigenvalue weighted by Crippen LogP contribution is 2.40. The quantitative estimate of drug-likeness (QED) is 0.556. The Balaban J connectivity index is 2.48. The van der Waals surface area contributed by atoms with E-state index in [2.05, 4.69) is 32.0 Å². The lowest BCUT2D eigenvalue weighted by Crippen LogP contribution is -1.96. The zero-order valence-electron chi connectivity index (χ0n) is 15.3. The van der Waals surface area contributed by atoms with Gasteiger partial charge in [0.15, 0.2) is 11.5 Å². The minimum Gasteiger partial charge on any atom is -0.493 e. The van der Waals surface area contributed by atoms with Gasteiger partial charge in [-0.3, -0.25) is 0 Å². The molecule has 0 amide bonds. The molecule has 0 atom stereocenters. The molecule has 0 heterocycles. The molecule has 4 heteroatoms. The Labute approximate surface area is 149 Å². The second-order valence-corrected chi connectivity index (χ2v) is 5.91. The first-order chi connectivity index (χ1) is 12.0. The summed E-state index contributed by atoms with van der Waals surface area (Å²) in [6.07, 6.45) is 1.85. The van der Waals surface area contributed by atoms with E-state index in [9.17, 15) is 5.26 Å². The normalized spacial score (nSPS) is 11.2. The smallest absolute Gasteiger partial charge is 0.203 e. The van der Waals surface area contributed by atoms with Crippen molar-refractivity contribution in [2.75, 3.05) is 21.3 Å². The van der Waals surface area contributed by atoms with Crippen LogP contribution >= 0.6 is 0 Å². The number of rotatable bonds is 6. The standard InChI is InChI=1S/C21H23NO3/c1-14(2)16-8-6-15(7-9-16)10-18(13-22)17-11-19(23-3)21(25-5)20(12-17)24-4/h6-12,14H,1-5H3/b18-10+. The molecule has 0 saturated heterocycles. The zero-order valence-corrected chi connectivity index (χ0v) is 15.3. The molecule has 0 aliphatic rings. The molecule has 0 N–H and O–H groups in total. The largest absolute Gasteiger partial charge is 0.493 e. The third-order valence-electron chi connectivity index (χ3n) is 4.01. The second-order valence-electron chi connectivity index (χ2n) is 5.91. The van der Waals surface area contributed by atoms with Crippen LogP contribution in [0.3, 0.4) is 0 Å². The number of ether oxygens (including phenoxy) is 3. The maximum atomic E-state index is 9.61. The van der Waals surface area contributed by atoms with Crippen LogP contribution in [0.5, 0.6) is 17.2 Å². The van der Waals surface area contributed by atoms with Gasteiger partial charge in [-0.15, -0.1) is 0 Å². The van der Waals surface area contributed by atoms with Crippen molar-refractivity contribution in [2.24, 2.45) is 0 Å². The Hall–Kier alpha value is -2.93. The lowest BCUT2D eigenvalue weighted by Gasteiger charge is -2.14. The maximum Gasteiger partial charge on any atom is 0.203 e. The van der Waals surface area contributed by atoms with Gasteiger partial charge < -0.3 is 14.2 Å². The summed E-state index contributed by atoms with van der Waals surface area (Å²) < 4.78 is 16.1. The Bertz CT molecular complexity index is 774. The molecule has 0 radical (unpaired) electrons. The fraction of sp³-hybridized carbons (Fsp3) is 0.286. The van der Waals surface area contributed by atoms with Crippen LogP contribution in [0.1, 0.15) is 36.5 Å². The minimum atomic E-state index is 0.476. The van der Waals surface area contributed by atoms with E-state index in [1.807, 2.05) is 18.2 Å². The number of nitriles is 1. The molecule has 2 aromatic carbocycles. The predicted molar refractivity (Wildman–Crippen MR) is 100 cm³/mol. The molecular formula is C21H23NO3. The van der Waals surface area contributed by atoms with Crippen molar-refractivity contribution in [3.63, 3.8) is 0 Å². The van der Waals surface area contributed by atoms with Crippen LogP contribution in [-0.2, 0) is 0 Å². The molecule has 0 bridgehead atoms. The SMILES string of the molecule is COc1cc(/C(C#N)=C/c2ccc(C(C)C)cc2)cc(OC)c1OC. The average Bonchev–Trinajstić information content (AvgIpc) is 2.65. The second kappa shape index (κ2) is 8.25. The van der Waals surface area contributed by atoms with Gasteiger partial charge in [-0.05, 0) is 40.8 Å². The molecule has 0 unspecified atom stereocenters. The van der Waals surface area contributed by atoms with Gasteiger partial charge in [0.25, 0.3) is 0 Å². The summed E-state index contributed by atoms with van der Waals surface area (Å²) in [5.74, 6) is 2.03. The van der Waals surface area contributed by atoms with E-state index >= 15 is 0 Å². The average molecular weight is 337 g/mol. The number of benzene rings is 2. The molecule has 0 spiro atoms. The fourth-order valence-corrected chi connectivity index (χ4v) is 2.56. The summed E-state index contributed by atoms with van der Waals surface area (Å²) >= 11 is 0. The van der Waals surface area contributed by atoms with E-state index in [1.165, 1.54) is 5.56 Å². The highest BCUT2D eigenvalue weighted by atomic mass is 16.5. The minimum absolute atomic E-state index is 0.476. The fourth-order valence-electron chi connectivity index (χ4n) is 2.56. The van der Waals surface area contributed by atoms with Crippen molar-refractivity contribution in [3.8, 4) is 23.3 Å². The van der Waals surface area contributed by atoms with Crippen molar-refractivity contribution in [3.05, 3.63) is 53.1 Å². The van der Waals surface area contributed by atoms with Crippen molar-refractivity contribution >= 4 is 11.6 Å². The molecule has 0 saturated carbocycles. The first kappa shape index (κ1) is 18.4. The van der Waals surface area contributed by atoms with Crippen molar-refractivity contribution in [1.82, 2.24) is 0 Å². The van der Waals surface area contributed by atoms with Gasteiger partial charge in [0.1, 0.15) is 0 Å². The number of allylic oxidation sites excluding steroid dienone is 1. The van der Waals surface area contributed by atoms with Gasteiger partial charge in [0.05, 0.1) is 33.0 Å². The van der Waals surface area contributed by atoms with E-state index in [1.54, 1.807) is 33.5 Å². The molecule has 2 rings (SSSR count). The molecule has 0 aliphatic carbocycles. The highest BCUT2D eigenvalue weighted by Gasteiger charge is 2.15. The molecule has 25 heavy (non-hydrogen) atoms. The first-order valence-corrected chi connectivity index (χ1v) is 8.06. The van der Waals surface area contributed by atoms with Crippen LogP contribution in [0.15, 0.2) is 36.4 Å². The van der Waals surface area contributed by atoms with Crippen LogP contribution in [-0.4, -0.2) is 21.3 Å². The van der Waals surface area contributed by atoms with E-state index in [-0.39, 0.29) is 0 Å². The summed E-state index contributed by atoms with van der Waals surface area (Å²) in [7, 11) is 4.67. The van der Waals surface area contributed by atoms with E-state index in [4.69, 9.17) is 14.2 Å². The topological polar surface area (TPSA) is 51.5 Å². The van der Waals surface area contributed by atoms with Crippen molar-refractivity contribution in [2.45, 2.75) is 19.8 Å².